The van der Waals surface area contributed by atoms with E-state index in [0.717, 1.165) is 21.3 Å². The van der Waals surface area contributed by atoms with E-state index >= 15 is 0 Å². The number of methoxy groups -OCH3 is 1. The third-order valence-corrected chi connectivity index (χ3v) is 6.13. The van der Waals surface area contributed by atoms with Gasteiger partial charge in [0.2, 0.25) is 5.91 Å². The van der Waals surface area contributed by atoms with Gasteiger partial charge in [-0.1, -0.05) is 52.8 Å². The van der Waals surface area contributed by atoms with Gasteiger partial charge in [0.1, 0.15) is 17.5 Å². The van der Waals surface area contributed by atoms with Gasteiger partial charge in [-0.05, 0) is 69.6 Å². The second-order valence-electron chi connectivity index (χ2n) is 9.87. The summed E-state index contributed by atoms with van der Waals surface area (Å²) in [6.45, 7) is 12.9. The van der Waals surface area contributed by atoms with Crippen LogP contribution in [-0.2, 0) is 21.5 Å². The summed E-state index contributed by atoms with van der Waals surface area (Å²) in [4.78, 5) is 27.6. The summed E-state index contributed by atoms with van der Waals surface area (Å²) in [6, 6.07) is 12.7. The smallest absolute Gasteiger partial charge is 0.261 e. The monoisotopic (exact) mass is 532 g/mol. The number of nitrogens with zero attached hydrogens (tertiary/aromatic N) is 1. The van der Waals surface area contributed by atoms with Crippen molar-refractivity contribution in [3.63, 3.8) is 0 Å². The fraction of sp³-hybridized carbons (Fsp3) is 0.481. The number of halogens is 1. The minimum Gasteiger partial charge on any atom is -0.497 e. The van der Waals surface area contributed by atoms with Crippen molar-refractivity contribution in [1.82, 2.24) is 10.2 Å². The number of carbonyl (C=O) groups is 2. The Morgan fingerprint density at radius 1 is 1.06 bits per heavy atom. The van der Waals surface area contributed by atoms with E-state index < -0.39 is 6.04 Å². The molecule has 2 aromatic carbocycles. The Balaban J connectivity index is 2.17. The molecular formula is C27H37BrN2O4. The molecule has 0 aromatic heterocycles. The van der Waals surface area contributed by atoms with Crippen LogP contribution in [0.25, 0.3) is 0 Å². The van der Waals surface area contributed by atoms with Crippen molar-refractivity contribution in [2.45, 2.75) is 59.5 Å². The lowest BCUT2D eigenvalue weighted by Gasteiger charge is -2.29. The lowest BCUT2D eigenvalue weighted by atomic mass is 9.87. The van der Waals surface area contributed by atoms with Crippen LogP contribution in [0.4, 0.5) is 0 Å². The van der Waals surface area contributed by atoms with Crippen LogP contribution in [0.2, 0.25) is 0 Å². The summed E-state index contributed by atoms with van der Waals surface area (Å²) in [5, 5.41) is 2.92. The summed E-state index contributed by atoms with van der Waals surface area (Å²) in [5.41, 5.74) is 2.06. The van der Waals surface area contributed by atoms with Gasteiger partial charge in [-0.2, -0.15) is 0 Å². The lowest BCUT2D eigenvalue weighted by Crippen LogP contribution is -2.49. The second-order valence-corrected chi connectivity index (χ2v) is 10.7. The molecule has 0 saturated heterocycles. The summed E-state index contributed by atoms with van der Waals surface area (Å²) in [7, 11) is 1.61. The van der Waals surface area contributed by atoms with E-state index in [9.17, 15) is 9.59 Å². The number of rotatable bonds is 10. The topological polar surface area (TPSA) is 67.9 Å². The average Bonchev–Trinajstić information content (AvgIpc) is 2.79. The summed E-state index contributed by atoms with van der Waals surface area (Å²) in [6.07, 6.45) is 0. The predicted molar refractivity (Wildman–Crippen MR) is 139 cm³/mol. The molecule has 0 radical (unpaired) electrons. The van der Waals surface area contributed by atoms with E-state index in [1.807, 2.05) is 56.3 Å². The molecule has 0 aliphatic carbocycles. The van der Waals surface area contributed by atoms with E-state index in [1.165, 1.54) is 0 Å². The average molecular weight is 534 g/mol. The van der Waals surface area contributed by atoms with Crippen molar-refractivity contribution >= 4 is 27.7 Å². The van der Waals surface area contributed by atoms with Crippen molar-refractivity contribution in [2.75, 3.05) is 20.3 Å². The lowest BCUT2D eigenvalue weighted by molar-refractivity contribution is -0.142. The van der Waals surface area contributed by atoms with Crippen LogP contribution in [0.5, 0.6) is 11.5 Å². The molecule has 0 spiro atoms. The van der Waals surface area contributed by atoms with E-state index in [-0.39, 0.29) is 30.4 Å². The molecule has 2 rings (SSSR count). The van der Waals surface area contributed by atoms with Crippen LogP contribution in [0.15, 0.2) is 46.9 Å². The van der Waals surface area contributed by atoms with Gasteiger partial charge in [0.25, 0.3) is 5.91 Å². The van der Waals surface area contributed by atoms with Crippen LogP contribution in [0, 0.1) is 5.92 Å². The first-order valence-electron chi connectivity index (χ1n) is 11.5. The number of amides is 2. The molecule has 0 fully saturated rings. The molecule has 186 valence electrons. The number of hydrogen-bond donors (Lipinski definition) is 1. The molecule has 0 bridgehead atoms. The number of carbonyl (C=O) groups excluding carboxylic acids is 2. The third-order valence-electron chi connectivity index (χ3n) is 5.51. The van der Waals surface area contributed by atoms with Crippen LogP contribution in [-0.4, -0.2) is 43.0 Å². The van der Waals surface area contributed by atoms with Crippen molar-refractivity contribution < 1.29 is 19.1 Å². The maximum Gasteiger partial charge on any atom is 0.261 e. The minimum absolute atomic E-state index is 0.00478. The molecule has 1 atom stereocenters. The highest BCUT2D eigenvalue weighted by atomic mass is 79.9. The van der Waals surface area contributed by atoms with E-state index in [1.54, 1.807) is 18.9 Å². The minimum atomic E-state index is -0.649. The second kappa shape index (κ2) is 12.2. The molecule has 0 aliphatic rings. The molecule has 7 heteroatoms. The quantitative estimate of drug-likeness (QED) is 0.449. The fourth-order valence-corrected chi connectivity index (χ4v) is 3.76. The van der Waals surface area contributed by atoms with Crippen molar-refractivity contribution in [3.8, 4) is 11.5 Å². The maximum absolute atomic E-state index is 13.2. The molecule has 0 heterocycles. The van der Waals surface area contributed by atoms with Gasteiger partial charge in [-0.15, -0.1) is 0 Å². The first-order valence-corrected chi connectivity index (χ1v) is 12.3. The molecule has 2 amide bonds. The standard InChI is InChI=1S/C27H37BrN2O4/c1-18(2)15-29-26(32)19(3)30(16-20-8-11-22(33-7)12-9-20)25(31)17-34-24-13-10-21(14-23(24)28)27(4,5)6/h8-14,18-19H,15-17H2,1-7H3,(H,29,32). The first-order chi connectivity index (χ1) is 15.9. The molecule has 0 aliphatic heterocycles. The molecular weight excluding hydrogens is 496 g/mol. The summed E-state index contributed by atoms with van der Waals surface area (Å²) >= 11 is 3.55. The molecule has 0 saturated carbocycles. The Bertz CT molecular complexity index is 968. The normalized spacial score (nSPS) is 12.3. The zero-order valence-corrected chi connectivity index (χ0v) is 22.9. The van der Waals surface area contributed by atoms with Gasteiger partial charge >= 0.3 is 0 Å². The van der Waals surface area contributed by atoms with E-state index in [0.29, 0.717) is 18.2 Å². The maximum atomic E-state index is 13.2. The highest BCUT2D eigenvalue weighted by Gasteiger charge is 2.27. The van der Waals surface area contributed by atoms with Gasteiger partial charge in [0.05, 0.1) is 11.6 Å². The number of nitrogens with one attached hydrogen (secondary N) is 1. The Kier molecular flexibility index (Phi) is 9.98. The highest BCUT2D eigenvalue weighted by Crippen LogP contribution is 2.31. The van der Waals surface area contributed by atoms with E-state index in [2.05, 4.69) is 42.0 Å². The van der Waals surface area contributed by atoms with Crippen LogP contribution < -0.4 is 14.8 Å². The molecule has 6 nitrogen and oxygen atoms in total. The zero-order chi connectivity index (χ0) is 25.5. The van der Waals surface area contributed by atoms with Gasteiger partial charge in [0, 0.05) is 13.1 Å². The van der Waals surface area contributed by atoms with Crippen molar-refractivity contribution in [2.24, 2.45) is 5.92 Å². The molecule has 1 unspecified atom stereocenters. The Hall–Kier alpha value is -2.54. The van der Waals surface area contributed by atoms with Gasteiger partial charge < -0.3 is 19.7 Å². The molecule has 34 heavy (non-hydrogen) atoms. The Morgan fingerprint density at radius 2 is 1.71 bits per heavy atom. The van der Waals surface area contributed by atoms with Gasteiger partial charge in [-0.25, -0.2) is 0 Å². The van der Waals surface area contributed by atoms with Crippen molar-refractivity contribution in [3.05, 3.63) is 58.1 Å². The first kappa shape index (κ1) is 27.7. The Morgan fingerprint density at radius 3 is 2.24 bits per heavy atom. The zero-order valence-electron chi connectivity index (χ0n) is 21.3. The van der Waals surface area contributed by atoms with Crippen LogP contribution in [0.1, 0.15) is 52.7 Å². The fourth-order valence-electron chi connectivity index (χ4n) is 3.27. The van der Waals surface area contributed by atoms with Crippen molar-refractivity contribution in [1.29, 1.82) is 0 Å². The van der Waals surface area contributed by atoms with Gasteiger partial charge in [0.15, 0.2) is 6.61 Å². The number of benzene rings is 2. The number of ether oxygens (including phenoxy) is 2. The van der Waals surface area contributed by atoms with Crippen LogP contribution >= 0.6 is 15.9 Å². The highest BCUT2D eigenvalue weighted by molar-refractivity contribution is 9.10. The van der Waals surface area contributed by atoms with E-state index in [4.69, 9.17) is 9.47 Å². The predicted octanol–water partition coefficient (Wildman–Crippen LogP) is 5.32. The van der Waals surface area contributed by atoms with Gasteiger partial charge in [-0.3, -0.25) is 9.59 Å². The largest absolute Gasteiger partial charge is 0.497 e. The summed E-state index contributed by atoms with van der Waals surface area (Å²) in [5.74, 6) is 1.18. The summed E-state index contributed by atoms with van der Waals surface area (Å²) < 4.78 is 11.9. The molecule has 2 aromatic rings. The Labute approximate surface area is 212 Å². The molecule has 1 N–H and O–H groups in total. The SMILES string of the molecule is COc1ccc(CN(C(=O)COc2ccc(C(C)(C)C)cc2Br)C(C)C(=O)NCC(C)C)cc1. The number of hydrogen-bond acceptors (Lipinski definition) is 4. The third kappa shape index (κ3) is 8.05. The van der Waals surface area contributed by atoms with Crippen LogP contribution in [0.3, 0.4) is 0 Å².